The van der Waals surface area contributed by atoms with Crippen LogP contribution in [0.25, 0.3) is 0 Å². The summed E-state index contributed by atoms with van der Waals surface area (Å²) in [6.45, 7) is 0. The Morgan fingerprint density at radius 2 is 2.64 bits per heavy atom. The normalized spacial score (nSPS) is 28.4. The number of primary amides is 1. The molecule has 2 atom stereocenters. The smallest absolute Gasteiger partial charge is 0.221 e. The van der Waals surface area contributed by atoms with Crippen molar-refractivity contribution in [2.75, 3.05) is 0 Å². The Labute approximate surface area is 63.8 Å². The summed E-state index contributed by atoms with van der Waals surface area (Å²) in [5.74, 6) is 0.134. The van der Waals surface area contributed by atoms with E-state index in [1.54, 1.807) is 6.20 Å². The molecule has 1 aromatic heterocycles. The fourth-order valence-electron chi connectivity index (χ4n) is 1.33. The monoisotopic (exact) mass is 151 g/mol. The van der Waals surface area contributed by atoms with Crippen molar-refractivity contribution in [2.24, 2.45) is 11.7 Å². The number of carbonyl (C=O) groups is 1. The third-order valence-corrected chi connectivity index (χ3v) is 2.08. The van der Waals surface area contributed by atoms with Gasteiger partial charge in [-0.25, -0.2) is 0 Å². The highest BCUT2D eigenvalue weighted by Crippen LogP contribution is 2.46. The average molecular weight is 151 g/mol. The fraction of sp³-hybridized carbons (Fsp3) is 0.429. The van der Waals surface area contributed by atoms with E-state index in [2.05, 4.69) is 10.2 Å². The van der Waals surface area contributed by atoms with Crippen LogP contribution in [0.3, 0.4) is 0 Å². The maximum absolute atomic E-state index is 10.7. The highest BCUT2D eigenvalue weighted by molar-refractivity contribution is 5.80. The minimum Gasteiger partial charge on any atom is -0.369 e. The van der Waals surface area contributed by atoms with Gasteiger partial charge in [-0.3, -0.25) is 9.89 Å². The van der Waals surface area contributed by atoms with E-state index < -0.39 is 0 Å². The minimum atomic E-state index is -0.204. The third kappa shape index (κ3) is 1.00. The number of aromatic nitrogens is 2. The molecule has 0 aromatic carbocycles. The van der Waals surface area contributed by atoms with Gasteiger partial charge in [0, 0.05) is 23.7 Å². The molecule has 0 aliphatic heterocycles. The van der Waals surface area contributed by atoms with Gasteiger partial charge >= 0.3 is 0 Å². The highest BCUT2D eigenvalue weighted by atomic mass is 16.1. The van der Waals surface area contributed by atoms with E-state index >= 15 is 0 Å². The van der Waals surface area contributed by atoms with Gasteiger partial charge < -0.3 is 5.73 Å². The number of H-pyrrole nitrogens is 1. The predicted molar refractivity (Wildman–Crippen MR) is 38.6 cm³/mol. The number of amides is 1. The second-order valence-corrected chi connectivity index (χ2v) is 2.86. The topological polar surface area (TPSA) is 71.8 Å². The lowest BCUT2D eigenvalue weighted by atomic mass is 10.2. The van der Waals surface area contributed by atoms with Gasteiger partial charge in [0.1, 0.15) is 0 Å². The van der Waals surface area contributed by atoms with E-state index in [4.69, 9.17) is 5.73 Å². The Hall–Kier alpha value is -1.32. The van der Waals surface area contributed by atoms with Crippen molar-refractivity contribution in [1.82, 2.24) is 10.2 Å². The SMILES string of the molecule is NC(=O)C1CC1c1ccn[nH]1. The fourth-order valence-corrected chi connectivity index (χ4v) is 1.33. The summed E-state index contributed by atoms with van der Waals surface area (Å²) in [6.07, 6.45) is 2.56. The first-order valence-corrected chi connectivity index (χ1v) is 3.57. The van der Waals surface area contributed by atoms with Gasteiger partial charge in [0.05, 0.1) is 0 Å². The summed E-state index contributed by atoms with van der Waals surface area (Å²) >= 11 is 0. The zero-order valence-electron chi connectivity index (χ0n) is 5.95. The zero-order valence-corrected chi connectivity index (χ0v) is 5.95. The van der Waals surface area contributed by atoms with Crippen LogP contribution in [0.1, 0.15) is 18.0 Å². The van der Waals surface area contributed by atoms with Crippen LogP contribution in [-0.4, -0.2) is 16.1 Å². The van der Waals surface area contributed by atoms with Crippen molar-refractivity contribution in [3.05, 3.63) is 18.0 Å². The number of hydrogen-bond donors (Lipinski definition) is 2. The molecule has 1 heterocycles. The molecule has 0 spiro atoms. The lowest BCUT2D eigenvalue weighted by Gasteiger charge is -1.90. The van der Waals surface area contributed by atoms with Gasteiger partial charge in [-0.2, -0.15) is 5.10 Å². The highest BCUT2D eigenvalue weighted by Gasteiger charge is 2.43. The molecule has 1 aromatic rings. The summed E-state index contributed by atoms with van der Waals surface area (Å²) in [5, 5.41) is 6.63. The van der Waals surface area contributed by atoms with Crippen LogP contribution in [0.15, 0.2) is 12.3 Å². The van der Waals surface area contributed by atoms with Gasteiger partial charge in [-0.1, -0.05) is 0 Å². The van der Waals surface area contributed by atoms with Crippen LogP contribution < -0.4 is 5.73 Å². The summed E-state index contributed by atoms with van der Waals surface area (Å²) in [6, 6.07) is 1.88. The molecule has 0 bridgehead atoms. The molecule has 4 heteroatoms. The number of nitrogens with two attached hydrogens (primary N) is 1. The van der Waals surface area contributed by atoms with E-state index in [-0.39, 0.29) is 11.8 Å². The Morgan fingerprint density at radius 1 is 1.82 bits per heavy atom. The van der Waals surface area contributed by atoms with E-state index in [0.717, 1.165) is 12.1 Å². The van der Waals surface area contributed by atoms with Crippen LogP contribution in [0.5, 0.6) is 0 Å². The average Bonchev–Trinajstić information content (AvgIpc) is 2.60. The van der Waals surface area contributed by atoms with E-state index in [0.29, 0.717) is 5.92 Å². The molecule has 58 valence electrons. The lowest BCUT2D eigenvalue weighted by Crippen LogP contribution is -2.13. The van der Waals surface area contributed by atoms with Crippen molar-refractivity contribution in [3.63, 3.8) is 0 Å². The Bertz CT molecular complexity index is 267. The first kappa shape index (κ1) is 6.39. The molecule has 0 radical (unpaired) electrons. The number of nitrogens with one attached hydrogen (secondary N) is 1. The van der Waals surface area contributed by atoms with Gasteiger partial charge in [0.15, 0.2) is 0 Å². The van der Waals surface area contributed by atoms with E-state index in [9.17, 15) is 4.79 Å². The van der Waals surface area contributed by atoms with Crippen LogP contribution in [0.4, 0.5) is 0 Å². The van der Waals surface area contributed by atoms with Crippen LogP contribution in [0.2, 0.25) is 0 Å². The predicted octanol–water partition coefficient (Wildman–Crippen LogP) is -0.00150. The second-order valence-electron chi connectivity index (χ2n) is 2.86. The maximum atomic E-state index is 10.7. The Kier molecular flexibility index (Phi) is 1.21. The van der Waals surface area contributed by atoms with Crippen LogP contribution in [0, 0.1) is 5.92 Å². The van der Waals surface area contributed by atoms with Crippen molar-refractivity contribution in [2.45, 2.75) is 12.3 Å². The summed E-state index contributed by atoms with van der Waals surface area (Å²) in [5.41, 5.74) is 6.14. The number of carbonyl (C=O) groups excluding carboxylic acids is 1. The van der Waals surface area contributed by atoms with Gasteiger partial charge in [-0.15, -0.1) is 0 Å². The van der Waals surface area contributed by atoms with Crippen molar-refractivity contribution < 1.29 is 4.79 Å². The van der Waals surface area contributed by atoms with Crippen LogP contribution in [-0.2, 0) is 4.79 Å². The van der Waals surface area contributed by atoms with Gasteiger partial charge in [-0.05, 0) is 12.5 Å². The minimum absolute atomic E-state index is 0.0375. The summed E-state index contributed by atoms with van der Waals surface area (Å²) < 4.78 is 0. The molecule has 11 heavy (non-hydrogen) atoms. The molecule has 2 unspecified atom stereocenters. The van der Waals surface area contributed by atoms with Crippen molar-refractivity contribution in [1.29, 1.82) is 0 Å². The molecular formula is C7H9N3O. The molecule has 3 N–H and O–H groups in total. The summed E-state index contributed by atoms with van der Waals surface area (Å²) in [4.78, 5) is 10.7. The number of rotatable bonds is 2. The Balaban J connectivity index is 2.08. The number of hydrogen-bond acceptors (Lipinski definition) is 2. The summed E-state index contributed by atoms with van der Waals surface area (Å²) in [7, 11) is 0. The third-order valence-electron chi connectivity index (χ3n) is 2.08. The largest absolute Gasteiger partial charge is 0.369 e. The molecule has 0 saturated heterocycles. The molecule has 1 aliphatic rings. The first-order valence-electron chi connectivity index (χ1n) is 3.57. The molecule has 2 rings (SSSR count). The maximum Gasteiger partial charge on any atom is 0.221 e. The molecule has 4 nitrogen and oxygen atoms in total. The molecular weight excluding hydrogens is 142 g/mol. The van der Waals surface area contributed by atoms with Gasteiger partial charge in [0.2, 0.25) is 5.91 Å². The molecule has 1 fully saturated rings. The number of nitrogens with zero attached hydrogens (tertiary/aromatic N) is 1. The lowest BCUT2D eigenvalue weighted by molar-refractivity contribution is -0.119. The van der Waals surface area contributed by atoms with Crippen molar-refractivity contribution >= 4 is 5.91 Å². The quantitative estimate of drug-likeness (QED) is 0.624. The van der Waals surface area contributed by atoms with Gasteiger partial charge in [0.25, 0.3) is 0 Å². The van der Waals surface area contributed by atoms with E-state index in [1.807, 2.05) is 6.07 Å². The molecule has 1 amide bonds. The molecule has 1 saturated carbocycles. The zero-order chi connectivity index (χ0) is 7.84. The molecule has 1 aliphatic carbocycles. The second kappa shape index (κ2) is 2.08. The Morgan fingerprint density at radius 3 is 3.09 bits per heavy atom. The number of aromatic amines is 1. The van der Waals surface area contributed by atoms with Crippen molar-refractivity contribution in [3.8, 4) is 0 Å². The van der Waals surface area contributed by atoms with E-state index in [1.165, 1.54) is 0 Å². The standard InChI is InChI=1S/C7H9N3O/c8-7(11)5-3-4(5)6-1-2-9-10-6/h1-2,4-5H,3H2,(H2,8,11)(H,9,10). The first-order chi connectivity index (χ1) is 5.29. The van der Waals surface area contributed by atoms with Crippen LogP contribution >= 0.6 is 0 Å².